The summed E-state index contributed by atoms with van der Waals surface area (Å²) >= 11 is 0. The first-order valence-electron chi connectivity index (χ1n) is 12.7. The Hall–Kier alpha value is -1.80. The Bertz CT molecular complexity index is 726. The van der Waals surface area contributed by atoms with Crippen LogP contribution >= 0.6 is 0 Å². The molecule has 8 N–H and O–H groups in total. The van der Waals surface area contributed by atoms with Gasteiger partial charge in [0.2, 0.25) is 0 Å². The first-order chi connectivity index (χ1) is 16.2. The number of nitrogens with two attached hydrogens (primary N) is 2. The van der Waals surface area contributed by atoms with Gasteiger partial charge >= 0.3 is 0 Å². The van der Waals surface area contributed by atoms with Crippen molar-refractivity contribution in [2.24, 2.45) is 11.5 Å². The SMILES string of the molecule is Cc1ccccc1-c1cc(CNCCCNCCCN)cc(CNCCCNCCCN)c1. The number of aryl methyl sites for hydroxylation is 1. The van der Waals surface area contributed by atoms with Crippen molar-refractivity contribution in [1.29, 1.82) is 0 Å². The molecule has 6 nitrogen and oxygen atoms in total. The van der Waals surface area contributed by atoms with Crippen LogP contribution in [-0.2, 0) is 13.1 Å². The van der Waals surface area contributed by atoms with Gasteiger partial charge < -0.3 is 32.7 Å². The van der Waals surface area contributed by atoms with Gasteiger partial charge in [0.05, 0.1) is 0 Å². The van der Waals surface area contributed by atoms with Crippen LogP contribution in [0.4, 0.5) is 0 Å². The third-order valence-corrected chi connectivity index (χ3v) is 5.70. The maximum atomic E-state index is 5.54. The molecule has 0 aliphatic rings. The Kier molecular flexibility index (Phi) is 14.7. The summed E-state index contributed by atoms with van der Waals surface area (Å²) in [5.41, 5.74) is 17.7. The molecule has 33 heavy (non-hydrogen) atoms. The van der Waals surface area contributed by atoms with Crippen LogP contribution in [-0.4, -0.2) is 52.4 Å². The number of benzene rings is 2. The maximum Gasteiger partial charge on any atom is 0.0205 e. The van der Waals surface area contributed by atoms with Crippen LogP contribution in [0.3, 0.4) is 0 Å². The van der Waals surface area contributed by atoms with Crippen molar-refractivity contribution in [3.8, 4) is 11.1 Å². The second kappa shape index (κ2) is 17.6. The lowest BCUT2D eigenvalue weighted by Gasteiger charge is -2.14. The molecule has 0 saturated carbocycles. The molecule has 0 bridgehead atoms. The smallest absolute Gasteiger partial charge is 0.0205 e. The molecule has 184 valence electrons. The minimum absolute atomic E-state index is 0.755. The number of hydrogen-bond acceptors (Lipinski definition) is 6. The molecule has 0 aromatic heterocycles. The van der Waals surface area contributed by atoms with Crippen LogP contribution in [0.25, 0.3) is 11.1 Å². The molecule has 0 fully saturated rings. The molecule has 0 saturated heterocycles. The minimum Gasteiger partial charge on any atom is -0.330 e. The molecule has 0 amide bonds. The van der Waals surface area contributed by atoms with Gasteiger partial charge in [-0.1, -0.05) is 30.3 Å². The molecule has 2 aromatic rings. The summed E-state index contributed by atoms with van der Waals surface area (Å²) in [6.07, 6.45) is 4.33. The molecule has 2 rings (SSSR count). The third-order valence-electron chi connectivity index (χ3n) is 5.70. The number of nitrogens with one attached hydrogen (secondary N) is 4. The molecule has 0 spiro atoms. The first kappa shape index (κ1) is 27.4. The zero-order valence-corrected chi connectivity index (χ0v) is 20.6. The highest BCUT2D eigenvalue weighted by molar-refractivity contribution is 5.68. The molecule has 0 radical (unpaired) electrons. The Morgan fingerprint density at radius 1 is 0.606 bits per heavy atom. The molecule has 0 unspecified atom stereocenters. The lowest BCUT2D eigenvalue weighted by atomic mass is 9.96. The van der Waals surface area contributed by atoms with E-state index in [2.05, 4.69) is 70.7 Å². The monoisotopic (exact) mass is 454 g/mol. The first-order valence-corrected chi connectivity index (χ1v) is 12.7. The van der Waals surface area contributed by atoms with Crippen LogP contribution in [0.1, 0.15) is 42.4 Å². The van der Waals surface area contributed by atoms with E-state index in [1.165, 1.54) is 27.8 Å². The van der Waals surface area contributed by atoms with E-state index in [1.54, 1.807) is 0 Å². The minimum atomic E-state index is 0.755. The lowest BCUT2D eigenvalue weighted by Crippen LogP contribution is -2.24. The van der Waals surface area contributed by atoms with Gasteiger partial charge in [-0.25, -0.2) is 0 Å². The van der Waals surface area contributed by atoms with Crippen molar-refractivity contribution in [3.05, 3.63) is 59.2 Å². The quantitative estimate of drug-likeness (QED) is 0.182. The Morgan fingerprint density at radius 3 is 1.61 bits per heavy atom. The summed E-state index contributed by atoms with van der Waals surface area (Å²) in [5.74, 6) is 0. The molecule has 0 aliphatic carbocycles. The standard InChI is InChI=1S/C27H46N6/c1-23-8-2-3-9-27(23)26-19-24(21-32-16-6-14-30-12-4-10-28)18-25(20-26)22-33-17-7-15-31-13-5-11-29/h2-3,8-9,18-20,30-33H,4-7,10-17,21-22,28-29H2,1H3. The average molecular weight is 455 g/mol. The average Bonchev–Trinajstić information content (AvgIpc) is 2.82. The van der Waals surface area contributed by atoms with Crippen LogP contribution in [0.15, 0.2) is 42.5 Å². The predicted molar refractivity (Wildman–Crippen MR) is 142 cm³/mol. The Labute approximate surface area is 201 Å². The van der Waals surface area contributed by atoms with Gasteiger partial charge in [0.25, 0.3) is 0 Å². The summed E-state index contributed by atoms with van der Waals surface area (Å²) in [6, 6.07) is 15.6. The van der Waals surface area contributed by atoms with Crippen LogP contribution in [0.5, 0.6) is 0 Å². The largest absolute Gasteiger partial charge is 0.330 e. The molecular weight excluding hydrogens is 408 g/mol. The van der Waals surface area contributed by atoms with Crippen LogP contribution < -0.4 is 32.7 Å². The van der Waals surface area contributed by atoms with Gasteiger partial charge in [-0.15, -0.1) is 0 Å². The molecule has 6 heteroatoms. The second-order valence-electron chi connectivity index (χ2n) is 8.70. The van der Waals surface area contributed by atoms with Gasteiger partial charge in [-0.3, -0.25) is 0 Å². The molecule has 2 aromatic carbocycles. The lowest BCUT2D eigenvalue weighted by molar-refractivity contribution is 0.583. The van der Waals surface area contributed by atoms with Crippen LogP contribution in [0.2, 0.25) is 0 Å². The normalized spacial score (nSPS) is 11.2. The molecular formula is C27H46N6. The maximum absolute atomic E-state index is 5.54. The van der Waals surface area contributed by atoms with E-state index in [4.69, 9.17) is 11.5 Å². The predicted octanol–water partition coefficient (Wildman–Crippen LogP) is 2.50. The van der Waals surface area contributed by atoms with E-state index >= 15 is 0 Å². The van der Waals surface area contributed by atoms with Gasteiger partial charge in [-0.2, -0.15) is 0 Å². The fourth-order valence-corrected chi connectivity index (χ4v) is 3.87. The highest BCUT2D eigenvalue weighted by atomic mass is 14.9. The van der Waals surface area contributed by atoms with E-state index in [1.807, 2.05) is 0 Å². The summed E-state index contributed by atoms with van der Waals surface area (Å²) < 4.78 is 0. The van der Waals surface area contributed by atoms with E-state index in [9.17, 15) is 0 Å². The van der Waals surface area contributed by atoms with Crippen molar-refractivity contribution in [2.45, 2.75) is 45.7 Å². The van der Waals surface area contributed by atoms with Crippen LogP contribution in [0, 0.1) is 6.92 Å². The van der Waals surface area contributed by atoms with E-state index < -0.39 is 0 Å². The summed E-state index contributed by atoms with van der Waals surface area (Å²) in [7, 11) is 0. The number of rotatable bonds is 19. The highest BCUT2D eigenvalue weighted by Crippen LogP contribution is 2.25. The fourth-order valence-electron chi connectivity index (χ4n) is 3.87. The summed E-state index contributed by atoms with van der Waals surface area (Å²) in [5, 5.41) is 14.1. The van der Waals surface area contributed by atoms with Crippen molar-refractivity contribution < 1.29 is 0 Å². The summed E-state index contributed by atoms with van der Waals surface area (Å²) in [4.78, 5) is 0. The van der Waals surface area contributed by atoms with E-state index in [-0.39, 0.29) is 0 Å². The molecule has 0 atom stereocenters. The third kappa shape index (κ3) is 11.8. The van der Waals surface area contributed by atoms with Crippen molar-refractivity contribution in [1.82, 2.24) is 21.3 Å². The number of hydrogen-bond donors (Lipinski definition) is 6. The van der Waals surface area contributed by atoms with Gasteiger partial charge in [-0.05, 0) is 125 Å². The van der Waals surface area contributed by atoms with Crippen molar-refractivity contribution in [3.63, 3.8) is 0 Å². The highest BCUT2D eigenvalue weighted by Gasteiger charge is 2.06. The van der Waals surface area contributed by atoms with E-state index in [0.29, 0.717) is 0 Å². The Balaban J connectivity index is 1.87. The fraction of sp³-hybridized carbons (Fsp3) is 0.556. The molecule has 0 heterocycles. The van der Waals surface area contributed by atoms with Crippen molar-refractivity contribution >= 4 is 0 Å². The second-order valence-corrected chi connectivity index (χ2v) is 8.70. The Morgan fingerprint density at radius 2 is 1.09 bits per heavy atom. The summed E-state index contributed by atoms with van der Waals surface area (Å²) in [6.45, 7) is 11.6. The van der Waals surface area contributed by atoms with Gasteiger partial charge in [0.1, 0.15) is 0 Å². The topological polar surface area (TPSA) is 100 Å². The zero-order chi connectivity index (χ0) is 23.6. The van der Waals surface area contributed by atoms with Crippen molar-refractivity contribution in [2.75, 3.05) is 52.4 Å². The molecule has 0 aliphatic heterocycles. The zero-order valence-electron chi connectivity index (χ0n) is 20.6. The van der Waals surface area contributed by atoms with Gasteiger partial charge in [0, 0.05) is 13.1 Å². The van der Waals surface area contributed by atoms with E-state index in [0.717, 1.165) is 91.1 Å². The van der Waals surface area contributed by atoms with Gasteiger partial charge in [0.15, 0.2) is 0 Å².